The predicted octanol–water partition coefficient (Wildman–Crippen LogP) is 6.22. The van der Waals surface area contributed by atoms with Crippen LogP contribution in [-0.2, 0) is 4.79 Å². The van der Waals surface area contributed by atoms with Crippen LogP contribution in [0.4, 0.5) is 17.1 Å². The Balaban J connectivity index is 1.36. The molecule has 0 aromatic heterocycles. The summed E-state index contributed by atoms with van der Waals surface area (Å²) < 4.78 is 5.59. The highest BCUT2D eigenvalue weighted by Crippen LogP contribution is 2.32. The Bertz CT molecular complexity index is 1310. The molecule has 2 aliphatic rings. The Hall–Kier alpha value is -4.00. The average Bonchev–Trinajstić information content (AvgIpc) is 3.02. The van der Waals surface area contributed by atoms with E-state index in [1.165, 1.54) is 6.42 Å². The number of methoxy groups -OCH3 is 1. The third kappa shape index (κ3) is 6.84. The van der Waals surface area contributed by atoms with Crippen molar-refractivity contribution in [1.29, 1.82) is 0 Å². The molecule has 0 bridgehead atoms. The van der Waals surface area contributed by atoms with E-state index in [2.05, 4.69) is 26.5 Å². The minimum absolute atomic E-state index is 0.0597. The van der Waals surface area contributed by atoms with Gasteiger partial charge in [0.15, 0.2) is 0 Å². The number of para-hydroxylation sites is 2. The van der Waals surface area contributed by atoms with Gasteiger partial charge in [-0.05, 0) is 55.2 Å². The van der Waals surface area contributed by atoms with Crippen LogP contribution in [0, 0.1) is 0 Å². The van der Waals surface area contributed by atoms with Gasteiger partial charge in [0.1, 0.15) is 5.75 Å². The first kappa shape index (κ1) is 28.5. The molecule has 5 rings (SSSR count). The molecule has 0 spiro atoms. The summed E-state index contributed by atoms with van der Waals surface area (Å²) in [5.74, 6) is 0.494. The number of carbonyl (C=O) groups excluding carboxylic acids is 2. The molecule has 1 aliphatic heterocycles. The van der Waals surface area contributed by atoms with Gasteiger partial charge in [0.25, 0.3) is 5.91 Å². The first-order valence-corrected chi connectivity index (χ1v) is 15.0. The molecule has 7 nitrogen and oxygen atoms in total. The molecule has 3 aromatic carbocycles. The maximum atomic E-state index is 13.7. The Morgan fingerprint density at radius 3 is 2.20 bits per heavy atom. The molecular weight excluding hydrogens is 512 g/mol. The van der Waals surface area contributed by atoms with Gasteiger partial charge in [-0.1, -0.05) is 68.7 Å². The van der Waals surface area contributed by atoms with Crippen molar-refractivity contribution in [3.63, 3.8) is 0 Å². The van der Waals surface area contributed by atoms with Gasteiger partial charge in [0.05, 0.1) is 24.3 Å². The number of hydrogen-bond donors (Lipinski definition) is 2. The van der Waals surface area contributed by atoms with Gasteiger partial charge in [-0.15, -0.1) is 0 Å². The van der Waals surface area contributed by atoms with E-state index >= 15 is 0 Å². The molecular formula is C34H42N4O3. The molecule has 1 heterocycles. The molecule has 41 heavy (non-hydrogen) atoms. The van der Waals surface area contributed by atoms with Crippen LogP contribution in [0.25, 0.3) is 0 Å². The third-order valence-corrected chi connectivity index (χ3v) is 8.42. The average molecular weight is 555 g/mol. The van der Waals surface area contributed by atoms with Crippen LogP contribution in [0.5, 0.6) is 5.75 Å². The van der Waals surface area contributed by atoms with E-state index in [1.54, 1.807) is 7.11 Å². The Morgan fingerprint density at radius 1 is 0.854 bits per heavy atom. The van der Waals surface area contributed by atoms with Crippen LogP contribution >= 0.6 is 0 Å². The van der Waals surface area contributed by atoms with Crippen molar-refractivity contribution in [3.8, 4) is 5.75 Å². The third-order valence-electron chi connectivity index (χ3n) is 8.42. The van der Waals surface area contributed by atoms with Gasteiger partial charge in [-0.25, -0.2) is 0 Å². The lowest BCUT2D eigenvalue weighted by molar-refractivity contribution is -0.117. The van der Waals surface area contributed by atoms with Gasteiger partial charge in [-0.3, -0.25) is 9.59 Å². The fourth-order valence-electron chi connectivity index (χ4n) is 6.15. The molecule has 1 saturated carbocycles. The molecule has 0 radical (unpaired) electrons. The van der Waals surface area contributed by atoms with Crippen molar-refractivity contribution >= 4 is 28.9 Å². The topological polar surface area (TPSA) is 73.9 Å². The monoisotopic (exact) mass is 554 g/mol. The number of carbonyl (C=O) groups is 2. The summed E-state index contributed by atoms with van der Waals surface area (Å²) >= 11 is 0. The van der Waals surface area contributed by atoms with E-state index in [1.807, 2.05) is 73.7 Å². The van der Waals surface area contributed by atoms with E-state index < -0.39 is 0 Å². The Labute approximate surface area is 243 Å². The fraction of sp³-hybridized carbons (Fsp3) is 0.412. The SMILES string of the molecule is CCC(C(=O)Nc1ccc(N2CCN(c3ccccc3OC)CC2)c(C(=O)NC2CCCCC2)c1)c1ccccc1. The summed E-state index contributed by atoms with van der Waals surface area (Å²) in [5, 5.41) is 6.40. The first-order chi connectivity index (χ1) is 20.1. The summed E-state index contributed by atoms with van der Waals surface area (Å²) in [7, 11) is 1.70. The summed E-state index contributed by atoms with van der Waals surface area (Å²) in [6, 6.07) is 23.9. The lowest BCUT2D eigenvalue weighted by Gasteiger charge is -2.38. The molecule has 1 unspecified atom stereocenters. The highest BCUT2D eigenvalue weighted by Gasteiger charge is 2.26. The minimum Gasteiger partial charge on any atom is -0.495 e. The van der Waals surface area contributed by atoms with Crippen LogP contribution in [0.15, 0.2) is 72.8 Å². The summed E-state index contributed by atoms with van der Waals surface area (Å²) in [4.78, 5) is 31.6. The molecule has 2 N–H and O–H groups in total. The minimum atomic E-state index is -0.251. The zero-order valence-electron chi connectivity index (χ0n) is 24.3. The molecule has 216 valence electrons. The van der Waals surface area contributed by atoms with Crippen molar-refractivity contribution in [2.24, 2.45) is 0 Å². The highest BCUT2D eigenvalue weighted by molar-refractivity contribution is 6.03. The zero-order valence-corrected chi connectivity index (χ0v) is 24.3. The number of piperazine rings is 1. The summed E-state index contributed by atoms with van der Waals surface area (Å²) in [6.45, 7) is 5.21. The fourth-order valence-corrected chi connectivity index (χ4v) is 6.15. The van der Waals surface area contributed by atoms with E-state index in [4.69, 9.17) is 4.74 Å². The van der Waals surface area contributed by atoms with Crippen LogP contribution in [0.1, 0.15) is 67.3 Å². The second-order valence-corrected chi connectivity index (χ2v) is 11.0. The number of rotatable bonds is 9. The molecule has 2 fully saturated rings. The largest absolute Gasteiger partial charge is 0.495 e. The number of ether oxygens (including phenoxy) is 1. The van der Waals surface area contributed by atoms with Crippen molar-refractivity contribution in [2.45, 2.75) is 57.4 Å². The van der Waals surface area contributed by atoms with Crippen molar-refractivity contribution in [3.05, 3.63) is 83.9 Å². The van der Waals surface area contributed by atoms with E-state index in [9.17, 15) is 9.59 Å². The molecule has 3 aromatic rings. The van der Waals surface area contributed by atoms with Crippen LogP contribution < -0.4 is 25.2 Å². The number of hydrogen-bond acceptors (Lipinski definition) is 5. The number of nitrogens with one attached hydrogen (secondary N) is 2. The first-order valence-electron chi connectivity index (χ1n) is 15.0. The molecule has 1 atom stereocenters. The van der Waals surface area contributed by atoms with Gasteiger partial charge in [-0.2, -0.15) is 0 Å². The van der Waals surface area contributed by atoms with Crippen molar-refractivity contribution in [1.82, 2.24) is 5.32 Å². The maximum Gasteiger partial charge on any atom is 0.253 e. The molecule has 7 heteroatoms. The Morgan fingerprint density at radius 2 is 1.51 bits per heavy atom. The lowest BCUT2D eigenvalue weighted by Crippen LogP contribution is -2.47. The number of nitrogens with zero attached hydrogens (tertiary/aromatic N) is 2. The second kappa shape index (κ2) is 13.6. The van der Waals surface area contributed by atoms with Crippen molar-refractivity contribution < 1.29 is 14.3 Å². The van der Waals surface area contributed by atoms with E-state index in [0.717, 1.165) is 74.6 Å². The van der Waals surface area contributed by atoms with Crippen LogP contribution in [-0.4, -0.2) is 51.1 Å². The normalized spacial score (nSPS) is 16.6. The van der Waals surface area contributed by atoms with Gasteiger partial charge < -0.3 is 25.2 Å². The quantitative estimate of drug-likeness (QED) is 0.329. The summed E-state index contributed by atoms with van der Waals surface area (Å²) in [5.41, 5.74) is 4.26. The Kier molecular flexibility index (Phi) is 9.44. The van der Waals surface area contributed by atoms with Gasteiger partial charge >= 0.3 is 0 Å². The smallest absolute Gasteiger partial charge is 0.253 e. The predicted molar refractivity (Wildman–Crippen MR) is 166 cm³/mol. The highest BCUT2D eigenvalue weighted by atomic mass is 16.5. The standard InChI is InChI=1S/C34H42N4O3/c1-3-28(25-12-6-4-7-13-25)33(39)36-27-18-19-30(29(24-27)34(40)35-26-14-8-5-9-15-26)37-20-22-38(23-21-37)31-16-10-11-17-32(31)41-2/h4,6-7,10-13,16-19,24,26,28H,3,5,8-9,14-15,20-23H2,1-2H3,(H,35,40)(H,36,39). The second-order valence-electron chi connectivity index (χ2n) is 11.0. The van der Waals surface area contributed by atoms with Gasteiger partial charge in [0, 0.05) is 43.6 Å². The lowest BCUT2D eigenvalue weighted by atomic mass is 9.95. The van der Waals surface area contributed by atoms with E-state index in [0.29, 0.717) is 17.7 Å². The number of amides is 2. The zero-order chi connectivity index (χ0) is 28.6. The number of anilines is 3. The number of benzene rings is 3. The van der Waals surface area contributed by atoms with E-state index in [-0.39, 0.29) is 23.8 Å². The molecule has 1 aliphatic carbocycles. The van der Waals surface area contributed by atoms with Crippen molar-refractivity contribution in [2.75, 3.05) is 48.4 Å². The molecule has 1 saturated heterocycles. The van der Waals surface area contributed by atoms with Crippen LogP contribution in [0.3, 0.4) is 0 Å². The van der Waals surface area contributed by atoms with Gasteiger partial charge in [0.2, 0.25) is 5.91 Å². The maximum absolute atomic E-state index is 13.7. The molecule has 2 amide bonds. The van der Waals surface area contributed by atoms with Crippen LogP contribution in [0.2, 0.25) is 0 Å². The summed E-state index contributed by atoms with van der Waals surface area (Å²) in [6.07, 6.45) is 6.26.